The molecule has 0 aliphatic rings. The van der Waals surface area contributed by atoms with E-state index in [0.29, 0.717) is 0 Å². The van der Waals surface area contributed by atoms with E-state index in [2.05, 4.69) is 0 Å². The van der Waals surface area contributed by atoms with E-state index in [1.54, 1.807) is 0 Å². The van der Waals surface area contributed by atoms with E-state index in [0.717, 1.165) is 0 Å². The van der Waals surface area contributed by atoms with E-state index < -0.39 is 24.4 Å². The number of aliphatic hydroxyl groups is 4. The molecular weight excluding hydrogens is 148 g/mol. The van der Waals surface area contributed by atoms with Crippen LogP contribution in [0, 0.1) is 0 Å². The number of aliphatic hydroxyl groups excluding tert-OH is 4. The third kappa shape index (κ3) is 4.31. The lowest BCUT2D eigenvalue weighted by Gasteiger charge is -2.19. The number of hydrogen-bond acceptors (Lipinski definition) is 4. The van der Waals surface area contributed by atoms with Crippen LogP contribution in [0.4, 0.5) is 0 Å². The van der Waals surface area contributed by atoms with Crippen molar-refractivity contribution in [1.82, 2.24) is 0 Å². The molecule has 4 atom stereocenters. The average Bonchev–Trinajstić information content (AvgIpc) is 1.87. The minimum absolute atomic E-state index is 0.00463. The summed E-state index contributed by atoms with van der Waals surface area (Å²) in [6.45, 7) is 2.86. The molecule has 4 nitrogen and oxygen atoms in total. The zero-order valence-corrected chi connectivity index (χ0v) is 6.81. The molecule has 4 heteroatoms. The van der Waals surface area contributed by atoms with Crippen molar-refractivity contribution in [2.45, 2.75) is 44.7 Å². The molecule has 0 fully saturated rings. The quantitative estimate of drug-likeness (QED) is 0.423. The van der Waals surface area contributed by atoms with E-state index in [-0.39, 0.29) is 6.42 Å². The lowest BCUT2D eigenvalue weighted by Crippen LogP contribution is -2.32. The van der Waals surface area contributed by atoms with Crippen LogP contribution < -0.4 is 0 Å². The molecule has 0 aromatic carbocycles. The van der Waals surface area contributed by atoms with Crippen molar-refractivity contribution in [1.29, 1.82) is 0 Å². The smallest absolute Gasteiger partial charge is 0.0821 e. The summed E-state index contributed by atoms with van der Waals surface area (Å²) in [5.41, 5.74) is 0. The summed E-state index contributed by atoms with van der Waals surface area (Å²) in [4.78, 5) is 0. The van der Waals surface area contributed by atoms with E-state index in [1.165, 1.54) is 13.8 Å². The summed E-state index contributed by atoms with van der Waals surface area (Å²) in [5, 5.41) is 35.7. The highest BCUT2D eigenvalue weighted by atomic mass is 16.3. The second-order valence-electron chi connectivity index (χ2n) is 2.85. The van der Waals surface area contributed by atoms with Crippen LogP contribution in [0.5, 0.6) is 0 Å². The predicted octanol–water partition coefficient (Wildman–Crippen LogP) is -1.14. The molecule has 0 rings (SSSR count). The van der Waals surface area contributed by atoms with Crippen molar-refractivity contribution < 1.29 is 20.4 Å². The molecule has 68 valence electrons. The Hall–Kier alpha value is -0.160. The van der Waals surface area contributed by atoms with E-state index in [1.807, 2.05) is 0 Å². The van der Waals surface area contributed by atoms with E-state index in [4.69, 9.17) is 20.4 Å². The Morgan fingerprint density at radius 2 is 1.09 bits per heavy atom. The molecule has 0 radical (unpaired) electrons. The molecule has 0 saturated carbocycles. The van der Waals surface area contributed by atoms with Crippen molar-refractivity contribution in [3.05, 3.63) is 0 Å². The van der Waals surface area contributed by atoms with Crippen LogP contribution in [-0.4, -0.2) is 44.8 Å². The molecule has 0 heterocycles. The van der Waals surface area contributed by atoms with Gasteiger partial charge in [0.1, 0.15) is 0 Å². The first-order chi connectivity index (χ1) is 4.95. The van der Waals surface area contributed by atoms with Crippen LogP contribution >= 0.6 is 0 Å². The Balaban J connectivity index is 3.66. The molecule has 4 unspecified atom stereocenters. The summed E-state index contributed by atoms with van der Waals surface area (Å²) in [6, 6.07) is 0. The molecule has 0 aliphatic heterocycles. The highest BCUT2D eigenvalue weighted by molar-refractivity contribution is 4.70. The van der Waals surface area contributed by atoms with Crippen LogP contribution in [-0.2, 0) is 0 Å². The summed E-state index contributed by atoms with van der Waals surface area (Å²) in [7, 11) is 0. The largest absolute Gasteiger partial charge is 0.391 e. The van der Waals surface area contributed by atoms with Gasteiger partial charge in [-0.25, -0.2) is 0 Å². The topological polar surface area (TPSA) is 80.9 Å². The van der Waals surface area contributed by atoms with Gasteiger partial charge in [-0.15, -0.1) is 0 Å². The third-order valence-corrected chi connectivity index (χ3v) is 1.60. The Labute approximate surface area is 66.1 Å². The number of hydrogen-bond donors (Lipinski definition) is 4. The van der Waals surface area contributed by atoms with Crippen LogP contribution in [0.25, 0.3) is 0 Å². The third-order valence-electron chi connectivity index (χ3n) is 1.60. The van der Waals surface area contributed by atoms with E-state index in [9.17, 15) is 0 Å². The molecule has 0 bridgehead atoms. The summed E-state index contributed by atoms with van der Waals surface area (Å²) in [6.07, 6.45) is -3.69. The van der Waals surface area contributed by atoms with Gasteiger partial charge in [-0.3, -0.25) is 0 Å². The Kier molecular flexibility index (Phi) is 4.60. The monoisotopic (exact) mass is 164 g/mol. The van der Waals surface area contributed by atoms with Gasteiger partial charge in [0.05, 0.1) is 24.4 Å². The minimum atomic E-state index is -0.973. The molecule has 0 saturated heterocycles. The lowest BCUT2D eigenvalue weighted by molar-refractivity contribution is -0.0376. The highest BCUT2D eigenvalue weighted by Crippen LogP contribution is 2.05. The summed E-state index contributed by atoms with van der Waals surface area (Å²) < 4.78 is 0. The SMILES string of the molecule is CC(O)C(O)CC(O)C(C)O. The lowest BCUT2D eigenvalue weighted by atomic mass is 10.0. The van der Waals surface area contributed by atoms with Gasteiger partial charge in [0.25, 0.3) is 0 Å². The Bertz CT molecular complexity index is 90.6. The fourth-order valence-corrected chi connectivity index (χ4v) is 0.641. The van der Waals surface area contributed by atoms with Gasteiger partial charge in [0, 0.05) is 6.42 Å². The van der Waals surface area contributed by atoms with Gasteiger partial charge in [0.15, 0.2) is 0 Å². The standard InChI is InChI=1S/C7H16O4/c1-4(8)6(10)3-7(11)5(2)9/h4-11H,3H2,1-2H3. The maximum Gasteiger partial charge on any atom is 0.0821 e. The first-order valence-corrected chi connectivity index (χ1v) is 3.67. The Morgan fingerprint density at radius 1 is 0.818 bits per heavy atom. The Morgan fingerprint density at radius 3 is 1.27 bits per heavy atom. The van der Waals surface area contributed by atoms with Crippen molar-refractivity contribution in [3.63, 3.8) is 0 Å². The maximum atomic E-state index is 9.02. The molecule has 0 aromatic rings. The second kappa shape index (κ2) is 4.66. The zero-order valence-electron chi connectivity index (χ0n) is 6.81. The van der Waals surface area contributed by atoms with Crippen molar-refractivity contribution in [2.24, 2.45) is 0 Å². The minimum Gasteiger partial charge on any atom is -0.391 e. The van der Waals surface area contributed by atoms with Crippen molar-refractivity contribution in [3.8, 4) is 0 Å². The van der Waals surface area contributed by atoms with Gasteiger partial charge in [-0.2, -0.15) is 0 Å². The predicted molar refractivity (Wildman–Crippen MR) is 40.0 cm³/mol. The fraction of sp³-hybridized carbons (Fsp3) is 1.00. The first-order valence-electron chi connectivity index (χ1n) is 3.67. The van der Waals surface area contributed by atoms with Crippen molar-refractivity contribution in [2.75, 3.05) is 0 Å². The van der Waals surface area contributed by atoms with Gasteiger partial charge in [-0.05, 0) is 13.8 Å². The molecule has 4 N–H and O–H groups in total. The molecular formula is C7H16O4. The first kappa shape index (κ1) is 10.8. The van der Waals surface area contributed by atoms with Crippen molar-refractivity contribution >= 4 is 0 Å². The molecule has 0 aromatic heterocycles. The molecule has 0 amide bonds. The maximum absolute atomic E-state index is 9.02. The summed E-state index contributed by atoms with van der Waals surface area (Å²) in [5.74, 6) is 0. The molecule has 0 aliphatic carbocycles. The number of rotatable bonds is 4. The van der Waals surface area contributed by atoms with Gasteiger partial charge < -0.3 is 20.4 Å². The second-order valence-corrected chi connectivity index (χ2v) is 2.85. The molecule has 11 heavy (non-hydrogen) atoms. The normalized spacial score (nSPS) is 22.4. The zero-order chi connectivity index (χ0) is 9.02. The fourth-order valence-electron chi connectivity index (χ4n) is 0.641. The highest BCUT2D eigenvalue weighted by Gasteiger charge is 2.19. The van der Waals surface area contributed by atoms with Gasteiger partial charge in [0.2, 0.25) is 0 Å². The average molecular weight is 164 g/mol. The van der Waals surface area contributed by atoms with Crippen LogP contribution in [0.15, 0.2) is 0 Å². The van der Waals surface area contributed by atoms with E-state index >= 15 is 0 Å². The van der Waals surface area contributed by atoms with Crippen LogP contribution in [0.3, 0.4) is 0 Å². The van der Waals surface area contributed by atoms with Crippen LogP contribution in [0.2, 0.25) is 0 Å². The molecule has 0 spiro atoms. The van der Waals surface area contributed by atoms with Crippen LogP contribution in [0.1, 0.15) is 20.3 Å². The summed E-state index contributed by atoms with van der Waals surface area (Å²) >= 11 is 0. The van der Waals surface area contributed by atoms with Gasteiger partial charge in [-0.1, -0.05) is 0 Å². The van der Waals surface area contributed by atoms with Gasteiger partial charge >= 0.3 is 0 Å².